The van der Waals surface area contributed by atoms with Crippen molar-refractivity contribution in [2.75, 3.05) is 5.32 Å². The third-order valence-corrected chi connectivity index (χ3v) is 2.42. The average molecular weight is 230 g/mol. The van der Waals surface area contributed by atoms with Gasteiger partial charge in [-0.1, -0.05) is 18.2 Å². The van der Waals surface area contributed by atoms with Crippen LogP contribution in [-0.4, -0.2) is 5.91 Å². The van der Waals surface area contributed by atoms with Crippen molar-refractivity contribution in [2.24, 2.45) is 5.73 Å². The number of benzene rings is 1. The highest BCUT2D eigenvalue weighted by atomic mass is 16.3. The van der Waals surface area contributed by atoms with Crippen LogP contribution in [0, 0.1) is 0 Å². The topological polar surface area (TPSA) is 68.3 Å². The first-order valence-corrected chi connectivity index (χ1v) is 5.38. The van der Waals surface area contributed by atoms with Gasteiger partial charge in [0, 0.05) is 5.69 Å². The molecular weight excluding hydrogens is 216 g/mol. The van der Waals surface area contributed by atoms with Crippen molar-refractivity contribution in [3.05, 3.63) is 54.0 Å². The zero-order valence-electron chi connectivity index (χ0n) is 9.35. The van der Waals surface area contributed by atoms with Crippen LogP contribution in [0.1, 0.15) is 11.3 Å². The maximum absolute atomic E-state index is 10.9. The minimum Gasteiger partial charge on any atom is -0.467 e. The van der Waals surface area contributed by atoms with Crippen LogP contribution in [0.2, 0.25) is 0 Å². The van der Waals surface area contributed by atoms with Crippen LogP contribution in [0.3, 0.4) is 0 Å². The normalized spacial score (nSPS) is 10.1. The maximum atomic E-state index is 10.9. The number of rotatable bonds is 5. The molecule has 0 aliphatic carbocycles. The molecule has 1 aromatic heterocycles. The van der Waals surface area contributed by atoms with Crippen molar-refractivity contribution >= 4 is 11.6 Å². The van der Waals surface area contributed by atoms with Gasteiger partial charge in [-0.3, -0.25) is 4.79 Å². The lowest BCUT2D eigenvalue weighted by Crippen LogP contribution is -2.15. The van der Waals surface area contributed by atoms with Gasteiger partial charge in [-0.2, -0.15) is 0 Å². The monoisotopic (exact) mass is 230 g/mol. The summed E-state index contributed by atoms with van der Waals surface area (Å²) in [4.78, 5) is 10.9. The van der Waals surface area contributed by atoms with E-state index in [4.69, 9.17) is 10.2 Å². The number of hydrogen-bond acceptors (Lipinski definition) is 3. The molecule has 1 heterocycles. The van der Waals surface area contributed by atoms with Gasteiger partial charge >= 0.3 is 0 Å². The molecule has 1 aromatic carbocycles. The Morgan fingerprint density at radius 3 is 2.76 bits per heavy atom. The van der Waals surface area contributed by atoms with Crippen LogP contribution in [0.25, 0.3) is 0 Å². The van der Waals surface area contributed by atoms with E-state index in [0.29, 0.717) is 6.54 Å². The van der Waals surface area contributed by atoms with Gasteiger partial charge in [-0.15, -0.1) is 0 Å². The van der Waals surface area contributed by atoms with Gasteiger partial charge in [0.1, 0.15) is 5.76 Å². The van der Waals surface area contributed by atoms with E-state index in [-0.39, 0.29) is 12.3 Å². The van der Waals surface area contributed by atoms with Crippen molar-refractivity contribution in [3.63, 3.8) is 0 Å². The van der Waals surface area contributed by atoms with Crippen molar-refractivity contribution < 1.29 is 9.21 Å². The van der Waals surface area contributed by atoms with Gasteiger partial charge in [-0.05, 0) is 23.8 Å². The summed E-state index contributed by atoms with van der Waals surface area (Å²) < 4.78 is 5.22. The van der Waals surface area contributed by atoms with Crippen LogP contribution in [0.5, 0.6) is 0 Å². The zero-order chi connectivity index (χ0) is 12.1. The molecule has 3 N–H and O–H groups in total. The molecule has 1 amide bonds. The predicted octanol–water partition coefficient (Wildman–Crippen LogP) is 1.92. The highest BCUT2D eigenvalue weighted by Crippen LogP contribution is 2.16. The second-order valence-electron chi connectivity index (χ2n) is 3.73. The molecule has 0 fully saturated rings. The Hall–Kier alpha value is -2.23. The molecule has 4 heteroatoms. The van der Waals surface area contributed by atoms with E-state index < -0.39 is 0 Å². The molecule has 4 nitrogen and oxygen atoms in total. The summed E-state index contributed by atoms with van der Waals surface area (Å²) in [5.41, 5.74) is 7.00. The second kappa shape index (κ2) is 5.21. The van der Waals surface area contributed by atoms with Crippen LogP contribution in [-0.2, 0) is 17.8 Å². The lowest BCUT2D eigenvalue weighted by molar-refractivity contribution is -0.117. The smallest absolute Gasteiger partial charge is 0.221 e. The van der Waals surface area contributed by atoms with Gasteiger partial charge in [0.2, 0.25) is 5.91 Å². The summed E-state index contributed by atoms with van der Waals surface area (Å²) in [6, 6.07) is 11.3. The van der Waals surface area contributed by atoms with Gasteiger partial charge in [0.05, 0.1) is 19.2 Å². The molecule has 0 unspecified atom stereocenters. The molecule has 88 valence electrons. The van der Waals surface area contributed by atoms with Crippen molar-refractivity contribution in [2.45, 2.75) is 13.0 Å². The number of furan rings is 1. The molecule has 0 atom stereocenters. The van der Waals surface area contributed by atoms with Crippen molar-refractivity contribution in [3.8, 4) is 0 Å². The Kier molecular flexibility index (Phi) is 3.45. The third-order valence-electron chi connectivity index (χ3n) is 2.42. The fraction of sp³-hybridized carbons (Fsp3) is 0.154. The molecule has 17 heavy (non-hydrogen) atoms. The van der Waals surface area contributed by atoms with Gasteiger partial charge < -0.3 is 15.5 Å². The molecule has 0 spiro atoms. The Bertz CT molecular complexity index is 492. The first-order valence-electron chi connectivity index (χ1n) is 5.38. The highest BCUT2D eigenvalue weighted by molar-refractivity contribution is 5.78. The average Bonchev–Trinajstić information content (AvgIpc) is 2.80. The van der Waals surface area contributed by atoms with E-state index in [0.717, 1.165) is 17.0 Å². The minimum atomic E-state index is -0.336. The van der Waals surface area contributed by atoms with Crippen LogP contribution in [0.15, 0.2) is 47.1 Å². The fourth-order valence-corrected chi connectivity index (χ4v) is 1.63. The molecule has 2 rings (SSSR count). The predicted molar refractivity (Wildman–Crippen MR) is 65.4 cm³/mol. The molecule has 0 saturated heterocycles. The molecule has 0 radical (unpaired) electrons. The van der Waals surface area contributed by atoms with Gasteiger partial charge in [0.25, 0.3) is 0 Å². The molecule has 0 aliphatic heterocycles. The molecular formula is C13H14N2O2. The van der Waals surface area contributed by atoms with Crippen LogP contribution >= 0.6 is 0 Å². The van der Waals surface area contributed by atoms with Gasteiger partial charge in [0.15, 0.2) is 0 Å². The summed E-state index contributed by atoms with van der Waals surface area (Å²) >= 11 is 0. The number of hydrogen-bond donors (Lipinski definition) is 2. The van der Waals surface area contributed by atoms with Crippen LogP contribution < -0.4 is 11.1 Å². The Morgan fingerprint density at radius 2 is 2.06 bits per heavy atom. The van der Waals surface area contributed by atoms with E-state index in [1.54, 1.807) is 6.26 Å². The number of amides is 1. The lowest BCUT2D eigenvalue weighted by Gasteiger charge is -2.09. The van der Waals surface area contributed by atoms with Crippen molar-refractivity contribution in [1.29, 1.82) is 0 Å². The fourth-order valence-electron chi connectivity index (χ4n) is 1.63. The standard InChI is InChI=1S/C13H14N2O2/c14-13(16)8-10-4-1-2-6-12(10)15-9-11-5-3-7-17-11/h1-7,15H,8-9H2,(H2,14,16). The Morgan fingerprint density at radius 1 is 1.24 bits per heavy atom. The second-order valence-corrected chi connectivity index (χ2v) is 3.73. The first kappa shape index (κ1) is 11.3. The SMILES string of the molecule is NC(=O)Cc1ccccc1NCc1ccco1. The number of carbonyl (C=O) groups excluding carboxylic acids is 1. The Balaban J connectivity index is 2.06. The number of carbonyl (C=O) groups is 1. The summed E-state index contributed by atoms with van der Waals surface area (Å²) in [6.45, 7) is 0.586. The quantitative estimate of drug-likeness (QED) is 0.824. The Labute approximate surface area is 99.4 Å². The van der Waals surface area contributed by atoms with E-state index in [2.05, 4.69) is 5.32 Å². The number of primary amides is 1. The molecule has 0 saturated carbocycles. The summed E-state index contributed by atoms with van der Waals surface area (Å²) in [5, 5.41) is 3.22. The summed E-state index contributed by atoms with van der Waals surface area (Å²) in [6.07, 6.45) is 1.87. The largest absolute Gasteiger partial charge is 0.467 e. The third kappa shape index (κ3) is 3.11. The number of nitrogens with two attached hydrogens (primary N) is 1. The highest BCUT2D eigenvalue weighted by Gasteiger charge is 2.05. The first-order chi connectivity index (χ1) is 8.25. The summed E-state index contributed by atoms with van der Waals surface area (Å²) in [5.74, 6) is 0.510. The number of nitrogens with one attached hydrogen (secondary N) is 1. The van der Waals surface area contributed by atoms with E-state index in [1.165, 1.54) is 0 Å². The molecule has 0 bridgehead atoms. The molecule has 0 aliphatic rings. The number of para-hydroxylation sites is 1. The lowest BCUT2D eigenvalue weighted by atomic mass is 10.1. The summed E-state index contributed by atoms with van der Waals surface area (Å²) in [7, 11) is 0. The van der Waals surface area contributed by atoms with Crippen LogP contribution in [0.4, 0.5) is 5.69 Å². The van der Waals surface area contributed by atoms with Crippen molar-refractivity contribution in [1.82, 2.24) is 0 Å². The minimum absolute atomic E-state index is 0.237. The van der Waals surface area contributed by atoms with E-state index in [9.17, 15) is 4.79 Å². The number of anilines is 1. The van der Waals surface area contributed by atoms with E-state index >= 15 is 0 Å². The van der Waals surface area contributed by atoms with E-state index in [1.807, 2.05) is 36.4 Å². The van der Waals surface area contributed by atoms with Gasteiger partial charge in [-0.25, -0.2) is 0 Å². The zero-order valence-corrected chi connectivity index (χ0v) is 9.35. The maximum Gasteiger partial charge on any atom is 0.221 e. The molecule has 2 aromatic rings.